The number of aromatic nitrogens is 4. The zero-order valence-electron chi connectivity index (χ0n) is 48.1. The number of allylic oxidation sites excluding steroid dienone is 1. The number of rotatable bonds is 12. The quantitative estimate of drug-likeness (QED) is 0.0446. The van der Waals surface area contributed by atoms with Crippen molar-refractivity contribution >= 4 is 50.1 Å². The van der Waals surface area contributed by atoms with E-state index in [0.717, 1.165) is 38.9 Å². The predicted molar refractivity (Wildman–Crippen MR) is 312 cm³/mol. The maximum absolute atomic E-state index is 14.9. The van der Waals surface area contributed by atoms with Gasteiger partial charge in [0.1, 0.15) is 29.6 Å². The first-order valence-corrected chi connectivity index (χ1v) is 29.8. The summed E-state index contributed by atoms with van der Waals surface area (Å²) in [5.74, 6) is -1.97. The third-order valence-corrected chi connectivity index (χ3v) is 17.6. The predicted octanol–water partition coefficient (Wildman–Crippen LogP) is 6.42. The fraction of sp³-hybridized carbons (Fsp3) is 0.426. The number of fused-ring (bicyclic) bond motifs is 6. The van der Waals surface area contributed by atoms with E-state index < -0.39 is 63.2 Å². The summed E-state index contributed by atoms with van der Waals surface area (Å²) in [6.07, 6.45) is 4.53. The van der Waals surface area contributed by atoms with Crippen LogP contribution in [0.25, 0.3) is 44.7 Å². The molecule has 3 amide bonds. The van der Waals surface area contributed by atoms with Crippen LogP contribution in [-0.2, 0) is 69.2 Å². The zero-order chi connectivity index (χ0) is 59.1. The number of carbonyl (C=O) groups is 4. The van der Waals surface area contributed by atoms with E-state index >= 15 is 0 Å². The van der Waals surface area contributed by atoms with Gasteiger partial charge in [-0.2, -0.15) is 0 Å². The molecule has 4 aliphatic heterocycles. The Bertz CT molecular complexity index is 3650. The number of cyclic esters (lactones) is 1. The number of anilines is 1. The Morgan fingerprint density at radius 1 is 1.01 bits per heavy atom. The SMILES string of the molecule is CCn1c(-c2cc(-c3nnc(CN4CCS(=O)(=O)CC4)o3)cnc2[C@H](C)OC)c2c3cc(ccc31)-c1cc(O)cc(c1)C[C@H](NC(=O)C(=C(C)C)N(C)C(=O)[C@@H]1OCC[C@@H]1c1ccc(N)cc1)C(=O)N1CC=C[C@H](N1)C(=O)OCC(C)(C)C2. The molecule has 4 aliphatic rings. The Kier molecular flexibility index (Phi) is 16.8. The summed E-state index contributed by atoms with van der Waals surface area (Å²) in [6, 6.07) is 18.1. The van der Waals surface area contributed by atoms with Crippen LogP contribution >= 0.6 is 0 Å². The number of benzene rings is 3. The lowest BCUT2D eigenvalue weighted by Gasteiger charge is -2.33. The molecule has 0 unspecified atom stereocenters. The molecular weight excluding hydrogens is 1080 g/mol. The second-order valence-electron chi connectivity index (χ2n) is 22.9. The number of methoxy groups -OCH3 is 1. The normalized spacial score (nSPS) is 21.3. The molecule has 5 N–H and O–H groups in total. The lowest BCUT2D eigenvalue weighted by Crippen LogP contribution is -2.59. The highest BCUT2D eigenvalue weighted by atomic mass is 32.2. The summed E-state index contributed by atoms with van der Waals surface area (Å²) in [5.41, 5.74) is 16.9. The number of nitrogens with two attached hydrogens (primary N) is 1. The number of pyridine rings is 1. The first-order valence-electron chi connectivity index (χ1n) is 28.0. The summed E-state index contributed by atoms with van der Waals surface area (Å²) in [6.45, 7) is 13.4. The van der Waals surface area contributed by atoms with Crippen LogP contribution in [0.1, 0.15) is 88.3 Å². The molecule has 3 aromatic carbocycles. The average Bonchev–Trinajstić information content (AvgIpc) is 3.28. The molecule has 83 heavy (non-hydrogen) atoms. The molecule has 3 aromatic heterocycles. The number of aromatic hydroxyl groups is 1. The number of aryl methyl sites for hydroxylation is 1. The molecule has 10 rings (SSSR count). The second-order valence-corrected chi connectivity index (χ2v) is 25.2. The first kappa shape index (κ1) is 58.4. The topological polar surface area (TPSA) is 267 Å². The van der Waals surface area contributed by atoms with Crippen LogP contribution in [0.2, 0.25) is 0 Å². The number of sulfone groups is 1. The van der Waals surface area contributed by atoms with Gasteiger partial charge in [0.25, 0.3) is 17.7 Å². The van der Waals surface area contributed by atoms with Gasteiger partial charge < -0.3 is 44.3 Å². The summed E-state index contributed by atoms with van der Waals surface area (Å²) < 4.78 is 50.9. The van der Waals surface area contributed by atoms with Crippen LogP contribution in [0.5, 0.6) is 5.75 Å². The molecule has 5 atom stereocenters. The standard InChI is InChI=1S/C61H72N10O11S/c1-9-70-50-17-14-39-29-45(50)47(54(70)46-30-41(32-63-52(46)36(4)79-8)57-66-65-51(82-57)33-69-20-23-83(77,78)24-21-69)31-61(5,6)34-81-60(76)48-11-10-19-71(67-48)58(74)49(27-37-25-40(39)28-43(72)26-37)64-56(73)53(35(2)3)68(7)59(75)55-44(18-22-80-55)38-12-15-42(62)16-13-38/h10-17,25-26,28-30,32,36,44,48-49,55,67,72H,9,18-24,27,31,33-34,62H2,1-8H3,(H,64,73)/t36-,44+,48-,49-,55+/m0/s1. The fourth-order valence-corrected chi connectivity index (χ4v) is 12.9. The highest BCUT2D eigenvalue weighted by Crippen LogP contribution is 2.44. The van der Waals surface area contributed by atoms with Crippen LogP contribution in [-0.4, -0.2) is 148 Å². The number of amides is 3. The van der Waals surface area contributed by atoms with E-state index in [2.05, 4.69) is 38.5 Å². The number of hydrazine groups is 1. The number of hydrogen-bond donors (Lipinski definition) is 4. The van der Waals surface area contributed by atoms with Gasteiger partial charge in [0, 0.05) is 86.5 Å². The monoisotopic (exact) mass is 1150 g/mol. The van der Waals surface area contributed by atoms with E-state index in [4.69, 9.17) is 29.3 Å². The Morgan fingerprint density at radius 3 is 2.49 bits per heavy atom. The molecular formula is C61H72N10O11S. The number of nitrogens with one attached hydrogen (secondary N) is 2. The van der Waals surface area contributed by atoms with Gasteiger partial charge in [-0.1, -0.05) is 50.3 Å². The van der Waals surface area contributed by atoms with Crippen molar-refractivity contribution in [3.05, 3.63) is 125 Å². The maximum Gasteiger partial charge on any atom is 0.328 e. The highest BCUT2D eigenvalue weighted by molar-refractivity contribution is 7.91. The number of esters is 1. The van der Waals surface area contributed by atoms with Crippen LogP contribution in [0.15, 0.2) is 101 Å². The number of nitrogen functional groups attached to an aromatic ring is 1. The minimum atomic E-state index is -3.08. The molecule has 2 fully saturated rings. The van der Waals surface area contributed by atoms with Gasteiger partial charge in [-0.05, 0) is 116 Å². The summed E-state index contributed by atoms with van der Waals surface area (Å²) in [4.78, 5) is 66.6. The number of phenolic OH excluding ortho intramolecular Hbond substituents is 1. The number of nitrogens with zero attached hydrogens (tertiary/aromatic N) is 7. The Morgan fingerprint density at radius 2 is 1.77 bits per heavy atom. The fourth-order valence-electron chi connectivity index (χ4n) is 11.6. The van der Waals surface area contributed by atoms with Crippen LogP contribution < -0.4 is 16.5 Å². The molecule has 0 saturated carbocycles. The van der Waals surface area contributed by atoms with E-state index in [1.807, 2.05) is 62.1 Å². The van der Waals surface area contributed by atoms with E-state index in [1.165, 1.54) is 17.0 Å². The van der Waals surface area contributed by atoms with Gasteiger partial charge in [0.05, 0.1) is 54.3 Å². The van der Waals surface area contributed by atoms with Crippen molar-refractivity contribution in [2.45, 2.75) is 104 Å². The van der Waals surface area contributed by atoms with Crippen molar-refractivity contribution in [3.63, 3.8) is 0 Å². The number of ether oxygens (including phenoxy) is 3. The average molecular weight is 1150 g/mol. The molecule has 0 radical (unpaired) electrons. The van der Waals surface area contributed by atoms with Crippen LogP contribution in [0, 0.1) is 5.41 Å². The van der Waals surface area contributed by atoms with Crippen molar-refractivity contribution in [2.24, 2.45) is 5.41 Å². The van der Waals surface area contributed by atoms with Gasteiger partial charge in [-0.3, -0.25) is 29.3 Å². The molecule has 2 saturated heterocycles. The number of likely N-dealkylation sites (N-methyl/N-ethyl adjacent to an activating group) is 1. The van der Waals surface area contributed by atoms with Gasteiger partial charge in [-0.15, -0.1) is 10.2 Å². The van der Waals surface area contributed by atoms with E-state index in [1.54, 1.807) is 63.6 Å². The third kappa shape index (κ3) is 12.5. The van der Waals surface area contributed by atoms with Crippen molar-refractivity contribution in [1.82, 2.24) is 45.3 Å². The van der Waals surface area contributed by atoms with Gasteiger partial charge in [0.15, 0.2) is 9.84 Å². The summed E-state index contributed by atoms with van der Waals surface area (Å²) >= 11 is 0. The molecule has 0 aliphatic carbocycles. The molecule has 6 aromatic rings. The van der Waals surface area contributed by atoms with Crippen LogP contribution in [0.4, 0.5) is 5.69 Å². The van der Waals surface area contributed by atoms with Crippen molar-refractivity contribution in [2.75, 3.05) is 64.2 Å². The third-order valence-electron chi connectivity index (χ3n) is 16.0. The smallest absolute Gasteiger partial charge is 0.328 e. The largest absolute Gasteiger partial charge is 0.508 e. The van der Waals surface area contributed by atoms with Crippen molar-refractivity contribution in [3.8, 4) is 39.6 Å². The van der Waals surface area contributed by atoms with Gasteiger partial charge in [-0.25, -0.2) is 18.6 Å². The summed E-state index contributed by atoms with van der Waals surface area (Å²) in [7, 11) is 0.0589. The van der Waals surface area contributed by atoms with E-state index in [-0.39, 0.29) is 54.3 Å². The lowest BCUT2D eigenvalue weighted by atomic mass is 9.84. The maximum atomic E-state index is 14.9. The molecule has 6 bridgehead atoms. The highest BCUT2D eigenvalue weighted by Gasteiger charge is 2.40. The van der Waals surface area contributed by atoms with Gasteiger partial charge in [0.2, 0.25) is 11.8 Å². The zero-order valence-corrected chi connectivity index (χ0v) is 48.9. The molecule has 438 valence electrons. The van der Waals surface area contributed by atoms with E-state index in [0.29, 0.717) is 85.2 Å². The Labute approximate surface area is 482 Å². The summed E-state index contributed by atoms with van der Waals surface area (Å²) in [5, 5.41) is 25.4. The number of phenols is 1. The Hall–Kier alpha value is -7.76. The lowest BCUT2D eigenvalue weighted by molar-refractivity contribution is -0.151. The minimum absolute atomic E-state index is 0.0179. The number of hydrogen-bond acceptors (Lipinski definition) is 17. The molecule has 22 heteroatoms. The van der Waals surface area contributed by atoms with Crippen molar-refractivity contribution in [1.29, 1.82) is 0 Å². The molecule has 7 heterocycles. The molecule has 0 spiro atoms. The first-order chi connectivity index (χ1) is 39.6. The number of carbonyl (C=O) groups excluding carboxylic acids is 4. The van der Waals surface area contributed by atoms with Crippen LogP contribution in [0.3, 0.4) is 0 Å². The van der Waals surface area contributed by atoms with E-state index in [9.17, 15) is 32.7 Å². The second kappa shape index (κ2) is 23.8. The van der Waals surface area contributed by atoms with Gasteiger partial charge >= 0.3 is 5.97 Å². The minimum Gasteiger partial charge on any atom is -0.508 e. The Balaban J connectivity index is 1.04. The molecule has 21 nitrogen and oxygen atoms in total. The van der Waals surface area contributed by atoms with Crippen molar-refractivity contribution < 1.29 is 51.3 Å².